The second-order valence-electron chi connectivity index (χ2n) is 6.39. The van der Waals surface area contributed by atoms with Crippen molar-refractivity contribution in [3.8, 4) is 0 Å². The zero-order chi connectivity index (χ0) is 12.6. The maximum atomic E-state index is 2.67. The molecule has 0 bridgehead atoms. The predicted molar refractivity (Wildman–Crippen MR) is 77.3 cm³/mol. The van der Waals surface area contributed by atoms with Gasteiger partial charge in [-0.05, 0) is 56.7 Å². The minimum atomic E-state index is 0. The van der Waals surface area contributed by atoms with Gasteiger partial charge in [-0.15, -0.1) is 0 Å². The summed E-state index contributed by atoms with van der Waals surface area (Å²) < 4.78 is 0. The van der Waals surface area contributed by atoms with Crippen molar-refractivity contribution in [2.45, 2.75) is 60.8 Å². The molecule has 106 valence electrons. The van der Waals surface area contributed by atoms with Gasteiger partial charge in [0.15, 0.2) is 0 Å². The third-order valence-electron chi connectivity index (χ3n) is 3.07. The van der Waals surface area contributed by atoms with Crippen molar-refractivity contribution >= 4 is 0 Å². The summed E-state index contributed by atoms with van der Waals surface area (Å²) in [6, 6.07) is 0. The lowest BCUT2D eigenvalue weighted by Crippen LogP contribution is -2.29. The van der Waals surface area contributed by atoms with Crippen molar-refractivity contribution in [2.24, 2.45) is 17.8 Å². The van der Waals surface area contributed by atoms with Crippen LogP contribution in [0, 0.1) is 17.8 Å². The van der Waals surface area contributed by atoms with Crippen LogP contribution in [0.5, 0.6) is 0 Å². The van der Waals surface area contributed by atoms with E-state index in [0.29, 0.717) is 0 Å². The lowest BCUT2D eigenvalue weighted by atomic mass is 10.1. The molecule has 0 aliphatic heterocycles. The third-order valence-corrected chi connectivity index (χ3v) is 3.07. The topological polar surface area (TPSA) is 3.24 Å². The maximum absolute atomic E-state index is 2.67. The monoisotopic (exact) mass is 247 g/mol. The Morgan fingerprint density at radius 3 is 1.00 bits per heavy atom. The van der Waals surface area contributed by atoms with E-state index in [1.54, 1.807) is 0 Å². The number of nitrogens with zero attached hydrogens (tertiary/aromatic N) is 1. The van der Waals surface area contributed by atoms with Gasteiger partial charge in [-0.2, -0.15) is 0 Å². The van der Waals surface area contributed by atoms with E-state index in [2.05, 4.69) is 46.4 Å². The average molecular weight is 247 g/mol. The second-order valence-corrected chi connectivity index (χ2v) is 6.39. The van der Waals surface area contributed by atoms with Gasteiger partial charge >= 0.3 is 0 Å². The van der Waals surface area contributed by atoms with Crippen molar-refractivity contribution in [3.05, 3.63) is 0 Å². The van der Waals surface area contributed by atoms with Gasteiger partial charge in [0.2, 0.25) is 0 Å². The van der Waals surface area contributed by atoms with Crippen LogP contribution in [0.2, 0.25) is 0 Å². The molecule has 0 heterocycles. The van der Waals surface area contributed by atoms with E-state index in [9.17, 15) is 0 Å². The Hall–Kier alpha value is -0.110. The third kappa shape index (κ3) is 13.8. The van der Waals surface area contributed by atoms with Crippen LogP contribution in [0.25, 0.3) is 0 Å². The number of halogens is 1. The Bertz CT molecular complexity index is 126. The fourth-order valence-electron chi connectivity index (χ4n) is 1.66. The van der Waals surface area contributed by atoms with E-state index < -0.39 is 0 Å². The quantitative estimate of drug-likeness (QED) is 0.576. The zero-order valence-corrected chi connectivity index (χ0v) is 12.8. The van der Waals surface area contributed by atoms with Gasteiger partial charge in [0.05, 0.1) is 0 Å². The molecule has 17 heavy (non-hydrogen) atoms. The predicted octanol–water partition coefficient (Wildman–Crippen LogP) is 4.58. The summed E-state index contributed by atoms with van der Waals surface area (Å²) >= 11 is 0. The Labute approximate surface area is 108 Å². The molecule has 0 fully saturated rings. The highest BCUT2D eigenvalue weighted by Gasteiger charge is 2.08. The molecule has 0 aromatic carbocycles. The first-order chi connectivity index (χ1) is 7.41. The van der Waals surface area contributed by atoms with E-state index in [0.717, 1.165) is 17.8 Å². The Morgan fingerprint density at radius 2 is 0.824 bits per heavy atom. The molecule has 0 aliphatic rings. The Kier molecular flexibility index (Phi) is 12.5. The van der Waals surface area contributed by atoms with Crippen LogP contribution in [-0.2, 0) is 0 Å². The molecule has 2 heteroatoms. The van der Waals surface area contributed by atoms with E-state index in [-0.39, 0.29) is 4.70 Å². The molecule has 0 atom stereocenters. The summed E-state index contributed by atoms with van der Waals surface area (Å²) in [6.45, 7) is 17.8. The molecular formula is C15H34FN. The van der Waals surface area contributed by atoms with Gasteiger partial charge < -0.3 is 4.90 Å². The average Bonchev–Trinajstić information content (AvgIpc) is 2.15. The summed E-state index contributed by atoms with van der Waals surface area (Å²) in [5.41, 5.74) is 0. The van der Waals surface area contributed by atoms with Gasteiger partial charge in [-0.25, -0.2) is 0 Å². The summed E-state index contributed by atoms with van der Waals surface area (Å²) in [6.07, 6.45) is 4.03. The molecule has 0 aromatic heterocycles. The Morgan fingerprint density at radius 1 is 0.588 bits per heavy atom. The highest BCUT2D eigenvalue weighted by atomic mass is 19.0. The minimum Gasteiger partial charge on any atom is -0.303 e. The van der Waals surface area contributed by atoms with E-state index in [1.807, 2.05) is 0 Å². The van der Waals surface area contributed by atoms with Crippen molar-refractivity contribution in [1.29, 1.82) is 0 Å². The second kappa shape index (κ2) is 11.0. The molecule has 1 nitrogen and oxygen atoms in total. The van der Waals surface area contributed by atoms with E-state index >= 15 is 0 Å². The SMILES string of the molecule is CC(C)CCN(CCC(C)C)CCC(C)C.F. The summed E-state index contributed by atoms with van der Waals surface area (Å²) in [4.78, 5) is 2.67. The van der Waals surface area contributed by atoms with Crippen LogP contribution in [0.3, 0.4) is 0 Å². The van der Waals surface area contributed by atoms with Crippen LogP contribution >= 0.6 is 0 Å². The molecule has 0 rings (SSSR count). The van der Waals surface area contributed by atoms with Crippen LogP contribution in [0.1, 0.15) is 60.8 Å². The van der Waals surface area contributed by atoms with Gasteiger partial charge in [0.1, 0.15) is 0 Å². The van der Waals surface area contributed by atoms with Crippen molar-refractivity contribution < 1.29 is 4.70 Å². The standard InChI is InChI=1S/C15H33N.FH/c1-13(2)7-10-16(11-8-14(3)4)12-9-15(5)6;/h13-15H,7-12H2,1-6H3;1H. The van der Waals surface area contributed by atoms with Gasteiger partial charge in [0.25, 0.3) is 0 Å². The summed E-state index contributed by atoms with van der Waals surface area (Å²) in [5, 5.41) is 0. The molecule has 0 saturated carbocycles. The first-order valence-corrected chi connectivity index (χ1v) is 7.14. The van der Waals surface area contributed by atoms with Crippen molar-refractivity contribution in [2.75, 3.05) is 19.6 Å². The lowest BCUT2D eigenvalue weighted by Gasteiger charge is -2.24. The van der Waals surface area contributed by atoms with Gasteiger partial charge in [-0.1, -0.05) is 41.5 Å². The van der Waals surface area contributed by atoms with E-state index in [4.69, 9.17) is 0 Å². The van der Waals surface area contributed by atoms with Crippen LogP contribution < -0.4 is 0 Å². The highest BCUT2D eigenvalue weighted by Crippen LogP contribution is 2.09. The fraction of sp³-hybridized carbons (Fsp3) is 1.00. The molecule has 0 saturated heterocycles. The first kappa shape index (κ1) is 19.2. The smallest absolute Gasteiger partial charge is 0.00163 e. The zero-order valence-electron chi connectivity index (χ0n) is 12.8. The molecule has 0 amide bonds. The van der Waals surface area contributed by atoms with Gasteiger partial charge in [-0.3, -0.25) is 4.70 Å². The number of rotatable bonds is 9. The minimum absolute atomic E-state index is 0. The normalized spacial score (nSPS) is 11.6. The summed E-state index contributed by atoms with van der Waals surface area (Å²) in [7, 11) is 0. The van der Waals surface area contributed by atoms with Crippen LogP contribution in [0.15, 0.2) is 0 Å². The highest BCUT2D eigenvalue weighted by molar-refractivity contribution is 4.62. The molecular weight excluding hydrogens is 213 g/mol. The van der Waals surface area contributed by atoms with Crippen molar-refractivity contribution in [1.82, 2.24) is 4.90 Å². The largest absolute Gasteiger partial charge is 0.303 e. The van der Waals surface area contributed by atoms with Crippen LogP contribution in [-0.4, -0.2) is 24.5 Å². The summed E-state index contributed by atoms with van der Waals surface area (Å²) in [5.74, 6) is 2.50. The van der Waals surface area contributed by atoms with Crippen molar-refractivity contribution in [3.63, 3.8) is 0 Å². The fourth-order valence-corrected chi connectivity index (χ4v) is 1.66. The molecule has 0 radical (unpaired) electrons. The molecule has 0 aliphatic carbocycles. The molecule has 0 spiro atoms. The number of hydrogen-bond acceptors (Lipinski definition) is 1. The maximum Gasteiger partial charge on any atom is -0.00163 e. The molecule has 0 N–H and O–H groups in total. The Balaban J connectivity index is 0. The van der Waals surface area contributed by atoms with Crippen LogP contribution in [0.4, 0.5) is 4.70 Å². The molecule has 0 aromatic rings. The molecule has 0 unspecified atom stereocenters. The van der Waals surface area contributed by atoms with E-state index in [1.165, 1.54) is 38.9 Å². The number of hydrogen-bond donors (Lipinski definition) is 0. The first-order valence-electron chi connectivity index (χ1n) is 7.14. The van der Waals surface area contributed by atoms with Gasteiger partial charge in [0, 0.05) is 0 Å². The lowest BCUT2D eigenvalue weighted by molar-refractivity contribution is 0.231.